The highest BCUT2D eigenvalue weighted by atomic mass is 127. The number of carbonyl (C=O) groups is 2. The van der Waals surface area contributed by atoms with Gasteiger partial charge in [0.15, 0.2) is 11.5 Å². The van der Waals surface area contributed by atoms with E-state index >= 15 is 0 Å². The number of carbonyl (C=O) groups excluding carboxylic acids is 2. The summed E-state index contributed by atoms with van der Waals surface area (Å²) in [7, 11) is 2.79. The molecule has 0 atom stereocenters. The molecule has 0 aliphatic carbocycles. The van der Waals surface area contributed by atoms with Crippen molar-refractivity contribution >= 4 is 40.6 Å². The van der Waals surface area contributed by atoms with E-state index in [0.29, 0.717) is 22.6 Å². The Balaban J connectivity index is 2.24. The van der Waals surface area contributed by atoms with Gasteiger partial charge in [-0.2, -0.15) is 0 Å². The van der Waals surface area contributed by atoms with E-state index in [-0.39, 0.29) is 0 Å². The van der Waals surface area contributed by atoms with Gasteiger partial charge in [-0.25, -0.2) is 9.59 Å². The number of aryl methyl sites for hydroxylation is 1. The van der Waals surface area contributed by atoms with Crippen molar-refractivity contribution in [3.63, 3.8) is 0 Å². The number of benzene rings is 2. The van der Waals surface area contributed by atoms with E-state index < -0.39 is 11.9 Å². The van der Waals surface area contributed by atoms with Crippen LogP contribution in [0.5, 0.6) is 11.5 Å². The molecule has 0 amide bonds. The summed E-state index contributed by atoms with van der Waals surface area (Å²) in [4.78, 5) is 23.6. The van der Waals surface area contributed by atoms with Gasteiger partial charge >= 0.3 is 11.9 Å². The van der Waals surface area contributed by atoms with Crippen molar-refractivity contribution in [2.45, 2.75) is 6.92 Å². The lowest BCUT2D eigenvalue weighted by Gasteiger charge is -2.11. The zero-order valence-electron chi connectivity index (χ0n) is 14.0. The quantitative estimate of drug-likeness (QED) is 0.297. The molecule has 6 heteroatoms. The summed E-state index contributed by atoms with van der Waals surface area (Å²) in [5, 5.41) is 0. The number of esters is 2. The Morgan fingerprint density at radius 1 is 1.08 bits per heavy atom. The Hall–Kier alpha value is -2.35. The Bertz CT molecular complexity index is 827. The second-order valence-electron chi connectivity index (χ2n) is 5.09. The number of methoxy groups -OCH3 is 2. The average molecular weight is 452 g/mol. The summed E-state index contributed by atoms with van der Waals surface area (Å²) in [6.45, 7) is 1.93. The number of hydrogen-bond acceptors (Lipinski definition) is 5. The molecule has 25 heavy (non-hydrogen) atoms. The molecule has 0 N–H and O–H groups in total. The van der Waals surface area contributed by atoms with Crippen molar-refractivity contribution in [2.75, 3.05) is 14.2 Å². The maximum absolute atomic E-state index is 12.4. The molecular weight excluding hydrogens is 435 g/mol. The Labute approximate surface area is 159 Å². The minimum atomic E-state index is -0.455. The van der Waals surface area contributed by atoms with E-state index in [1.54, 1.807) is 30.3 Å². The maximum atomic E-state index is 12.4. The molecule has 0 saturated carbocycles. The van der Waals surface area contributed by atoms with Crippen LogP contribution < -0.4 is 9.47 Å². The monoisotopic (exact) mass is 452 g/mol. The first kappa shape index (κ1) is 19.0. The van der Waals surface area contributed by atoms with Crippen LogP contribution in [-0.4, -0.2) is 26.2 Å². The van der Waals surface area contributed by atoms with Crippen molar-refractivity contribution in [1.82, 2.24) is 0 Å². The zero-order valence-corrected chi connectivity index (χ0v) is 16.2. The molecule has 0 aromatic heterocycles. The summed E-state index contributed by atoms with van der Waals surface area (Å²) in [6.07, 6.45) is 2.89. The molecule has 5 nitrogen and oxygen atoms in total. The third-order valence-corrected chi connectivity index (χ3v) is 4.85. The van der Waals surface area contributed by atoms with E-state index in [9.17, 15) is 9.59 Å². The van der Waals surface area contributed by atoms with Gasteiger partial charge in [-0.15, -0.1) is 0 Å². The van der Waals surface area contributed by atoms with Crippen molar-refractivity contribution in [2.24, 2.45) is 0 Å². The lowest BCUT2D eigenvalue weighted by Crippen LogP contribution is -2.11. The van der Waals surface area contributed by atoms with Gasteiger partial charge in [0.1, 0.15) is 0 Å². The van der Waals surface area contributed by atoms with Gasteiger partial charge in [0.05, 0.1) is 19.8 Å². The zero-order chi connectivity index (χ0) is 18.4. The predicted molar refractivity (Wildman–Crippen MR) is 103 cm³/mol. The van der Waals surface area contributed by atoms with Gasteiger partial charge in [-0.1, -0.05) is 18.2 Å². The van der Waals surface area contributed by atoms with Gasteiger partial charge in [-0.3, -0.25) is 0 Å². The number of hydrogen-bond donors (Lipinski definition) is 0. The molecule has 0 spiro atoms. The summed E-state index contributed by atoms with van der Waals surface area (Å²) < 4.78 is 16.2. The fourth-order valence-electron chi connectivity index (χ4n) is 2.06. The van der Waals surface area contributed by atoms with Crippen LogP contribution in [0.2, 0.25) is 0 Å². The fourth-order valence-corrected chi connectivity index (χ4v) is 2.64. The summed E-state index contributed by atoms with van der Waals surface area (Å²) in [6, 6.07) is 10.5. The average Bonchev–Trinajstić information content (AvgIpc) is 2.62. The van der Waals surface area contributed by atoms with Crippen LogP contribution in [0.4, 0.5) is 0 Å². The normalized spacial score (nSPS) is 10.6. The highest BCUT2D eigenvalue weighted by Gasteiger charge is 2.16. The summed E-state index contributed by atoms with van der Waals surface area (Å²) in [5.41, 5.74) is 2.22. The third kappa shape index (κ3) is 4.82. The largest absolute Gasteiger partial charge is 0.493 e. The van der Waals surface area contributed by atoms with Crippen molar-refractivity contribution in [1.29, 1.82) is 0 Å². The molecule has 0 aliphatic heterocycles. The lowest BCUT2D eigenvalue weighted by atomic mass is 10.1. The first-order valence-corrected chi connectivity index (χ1v) is 8.45. The van der Waals surface area contributed by atoms with E-state index in [1.807, 2.05) is 19.1 Å². The van der Waals surface area contributed by atoms with E-state index in [4.69, 9.17) is 9.47 Å². The van der Waals surface area contributed by atoms with Crippen LogP contribution in [0.25, 0.3) is 6.08 Å². The smallest absolute Gasteiger partial charge is 0.344 e. The molecule has 0 radical (unpaired) electrons. The van der Waals surface area contributed by atoms with Crippen molar-refractivity contribution in [3.05, 3.63) is 62.7 Å². The molecule has 2 aromatic carbocycles. The van der Waals surface area contributed by atoms with Crippen LogP contribution in [0.15, 0.2) is 42.5 Å². The molecule has 0 heterocycles. The number of ether oxygens (including phenoxy) is 3. The molecule has 0 bridgehead atoms. The molecule has 2 rings (SSSR count). The van der Waals surface area contributed by atoms with Gasteiger partial charge in [0.2, 0.25) is 0 Å². The summed E-state index contributed by atoms with van der Waals surface area (Å²) in [5.74, 6) is -0.212. The first-order valence-electron chi connectivity index (χ1n) is 7.37. The SMILES string of the molecule is COC(=O)/C=C/c1ccc(OC(=O)c2cccc(C)c2I)c(OC)c1. The third-order valence-electron chi connectivity index (χ3n) is 3.42. The van der Waals surface area contributed by atoms with Gasteiger partial charge in [0.25, 0.3) is 0 Å². The van der Waals surface area contributed by atoms with E-state index in [1.165, 1.54) is 20.3 Å². The van der Waals surface area contributed by atoms with Crippen LogP contribution >= 0.6 is 22.6 Å². The standard InChI is InChI=1S/C19H17IO5/c1-12-5-4-6-14(18(12)20)19(22)25-15-9-7-13(11-16(15)23-2)8-10-17(21)24-3/h4-11H,1-3H3/b10-8+. The minimum Gasteiger partial charge on any atom is -0.493 e. The first-order chi connectivity index (χ1) is 12.0. The second-order valence-corrected chi connectivity index (χ2v) is 6.17. The van der Waals surface area contributed by atoms with Gasteiger partial charge in [-0.05, 0) is 64.9 Å². The molecule has 0 aliphatic rings. The fraction of sp³-hybridized carbons (Fsp3) is 0.158. The van der Waals surface area contributed by atoms with E-state index in [2.05, 4.69) is 27.3 Å². The highest BCUT2D eigenvalue weighted by molar-refractivity contribution is 14.1. The predicted octanol–water partition coefficient (Wildman–Crippen LogP) is 4.01. The molecule has 0 fully saturated rings. The van der Waals surface area contributed by atoms with Crippen LogP contribution in [0, 0.1) is 10.5 Å². The van der Waals surface area contributed by atoms with Crippen molar-refractivity contribution in [3.8, 4) is 11.5 Å². The molecule has 2 aromatic rings. The Morgan fingerprint density at radius 2 is 1.84 bits per heavy atom. The number of rotatable bonds is 5. The second kappa shape index (κ2) is 8.66. The maximum Gasteiger partial charge on any atom is 0.344 e. The van der Waals surface area contributed by atoms with Crippen LogP contribution in [-0.2, 0) is 9.53 Å². The van der Waals surface area contributed by atoms with Crippen LogP contribution in [0.3, 0.4) is 0 Å². The van der Waals surface area contributed by atoms with Gasteiger partial charge in [0, 0.05) is 9.65 Å². The topological polar surface area (TPSA) is 61.8 Å². The molecule has 0 saturated heterocycles. The Kier molecular flexibility index (Phi) is 6.58. The van der Waals surface area contributed by atoms with E-state index in [0.717, 1.165) is 9.13 Å². The highest BCUT2D eigenvalue weighted by Crippen LogP contribution is 2.30. The van der Waals surface area contributed by atoms with Crippen LogP contribution in [0.1, 0.15) is 21.5 Å². The Morgan fingerprint density at radius 3 is 2.52 bits per heavy atom. The lowest BCUT2D eigenvalue weighted by molar-refractivity contribution is -0.134. The number of halogens is 1. The van der Waals surface area contributed by atoms with Crippen molar-refractivity contribution < 1.29 is 23.8 Å². The summed E-state index contributed by atoms with van der Waals surface area (Å²) >= 11 is 2.12. The molecule has 0 unspecified atom stereocenters. The minimum absolute atomic E-state index is 0.306. The molecule has 130 valence electrons. The molecular formula is C19H17IO5. The van der Waals surface area contributed by atoms with Gasteiger partial charge < -0.3 is 14.2 Å².